The lowest BCUT2D eigenvalue weighted by molar-refractivity contribution is -0.142. The largest absolute Gasteiger partial charge is 0.493 e. The van der Waals surface area contributed by atoms with Gasteiger partial charge in [-0.1, -0.05) is 0 Å². The molecule has 2 aromatic rings. The summed E-state index contributed by atoms with van der Waals surface area (Å²) in [6, 6.07) is 3.78. The molecule has 0 spiro atoms. The molecule has 0 radical (unpaired) electrons. The maximum absolute atomic E-state index is 12.1. The van der Waals surface area contributed by atoms with Gasteiger partial charge in [-0.3, -0.25) is 9.89 Å². The molecule has 11 nitrogen and oxygen atoms in total. The van der Waals surface area contributed by atoms with Gasteiger partial charge < -0.3 is 34.2 Å². The number of hydrogen-bond acceptors (Lipinski definition) is 10. The van der Waals surface area contributed by atoms with E-state index in [4.69, 9.17) is 34.2 Å². The first-order valence-corrected chi connectivity index (χ1v) is 9.38. The predicted molar refractivity (Wildman–Crippen MR) is 104 cm³/mol. The van der Waals surface area contributed by atoms with E-state index in [-0.39, 0.29) is 37.2 Å². The highest BCUT2D eigenvalue weighted by molar-refractivity contribution is 5.74. The summed E-state index contributed by atoms with van der Waals surface area (Å²) in [4.78, 5) is 12.1. The number of esters is 1. The number of nitrogens with one attached hydrogen (secondary N) is 1. The Morgan fingerprint density at radius 2 is 2.13 bits per heavy atom. The number of methoxy groups -OCH3 is 2. The number of nitrogens with zero attached hydrogens (tertiary/aromatic N) is 2. The first-order chi connectivity index (χ1) is 15.0. The number of aromatic amines is 1. The number of aromatic nitrogens is 2. The lowest BCUT2D eigenvalue weighted by Crippen LogP contribution is -2.22. The van der Waals surface area contributed by atoms with E-state index in [1.54, 1.807) is 13.0 Å². The molecule has 1 atom stereocenters. The van der Waals surface area contributed by atoms with Gasteiger partial charge in [0.05, 0.1) is 44.4 Å². The van der Waals surface area contributed by atoms with Gasteiger partial charge in [0.25, 0.3) is 0 Å². The SMILES string of the molecule is CCOC(=O)Cc1[nH]nc2c1C(c1cc(OC)c3c(c1OC)OCO3)C(C#N)=C(N)O2. The molecule has 11 heteroatoms. The topological polar surface area (TPSA) is 151 Å². The van der Waals surface area contributed by atoms with E-state index in [0.29, 0.717) is 39.8 Å². The van der Waals surface area contributed by atoms with Crippen LogP contribution in [0.2, 0.25) is 0 Å². The molecule has 162 valence electrons. The van der Waals surface area contributed by atoms with Gasteiger partial charge in [-0.25, -0.2) is 0 Å². The van der Waals surface area contributed by atoms with E-state index >= 15 is 0 Å². The first-order valence-electron chi connectivity index (χ1n) is 9.38. The number of allylic oxidation sites excluding steroid dienone is 1. The van der Waals surface area contributed by atoms with Crippen LogP contribution in [0.15, 0.2) is 17.5 Å². The third kappa shape index (κ3) is 3.22. The highest BCUT2D eigenvalue weighted by Crippen LogP contribution is 2.55. The summed E-state index contributed by atoms with van der Waals surface area (Å²) in [5, 5.41) is 16.8. The summed E-state index contributed by atoms with van der Waals surface area (Å²) in [5.41, 5.74) is 7.56. The predicted octanol–water partition coefficient (Wildman–Crippen LogP) is 1.48. The second-order valence-corrected chi connectivity index (χ2v) is 6.59. The Hall–Kier alpha value is -4.07. The second kappa shape index (κ2) is 7.98. The lowest BCUT2D eigenvalue weighted by atomic mass is 9.82. The third-order valence-corrected chi connectivity index (χ3v) is 4.97. The third-order valence-electron chi connectivity index (χ3n) is 4.97. The maximum atomic E-state index is 12.1. The van der Waals surface area contributed by atoms with Crippen LogP contribution in [0.5, 0.6) is 28.9 Å². The molecule has 2 aliphatic rings. The summed E-state index contributed by atoms with van der Waals surface area (Å²) in [5.74, 6) is 0.296. The molecule has 0 saturated carbocycles. The summed E-state index contributed by atoms with van der Waals surface area (Å²) in [7, 11) is 2.96. The van der Waals surface area contributed by atoms with Crippen LogP contribution >= 0.6 is 0 Å². The fourth-order valence-corrected chi connectivity index (χ4v) is 3.72. The van der Waals surface area contributed by atoms with Gasteiger partial charge in [0.1, 0.15) is 11.6 Å². The van der Waals surface area contributed by atoms with E-state index < -0.39 is 11.9 Å². The van der Waals surface area contributed by atoms with Crippen molar-refractivity contribution in [3.05, 3.63) is 34.3 Å². The van der Waals surface area contributed by atoms with Crippen LogP contribution in [0.25, 0.3) is 0 Å². The molecule has 0 saturated heterocycles. The number of hydrogen-bond donors (Lipinski definition) is 2. The van der Waals surface area contributed by atoms with Crippen LogP contribution in [0.1, 0.15) is 29.7 Å². The minimum Gasteiger partial charge on any atom is -0.493 e. The molecule has 4 rings (SSSR count). The smallest absolute Gasteiger partial charge is 0.311 e. The van der Waals surface area contributed by atoms with Crippen molar-refractivity contribution in [1.29, 1.82) is 5.26 Å². The van der Waals surface area contributed by atoms with Gasteiger partial charge in [0.2, 0.25) is 30.1 Å². The van der Waals surface area contributed by atoms with Crippen LogP contribution in [0.3, 0.4) is 0 Å². The molecule has 0 aliphatic carbocycles. The number of nitriles is 1. The van der Waals surface area contributed by atoms with Crippen LogP contribution < -0.4 is 29.4 Å². The average molecular weight is 428 g/mol. The summed E-state index contributed by atoms with van der Waals surface area (Å²) < 4.78 is 32.8. The Balaban J connectivity index is 1.94. The zero-order chi connectivity index (χ0) is 22.1. The minimum atomic E-state index is -0.768. The molecule has 31 heavy (non-hydrogen) atoms. The normalized spacial score (nSPS) is 16.3. The van der Waals surface area contributed by atoms with Gasteiger partial charge >= 0.3 is 5.97 Å². The first kappa shape index (κ1) is 20.2. The maximum Gasteiger partial charge on any atom is 0.311 e. The van der Waals surface area contributed by atoms with E-state index in [9.17, 15) is 10.1 Å². The molecule has 1 aromatic carbocycles. The lowest BCUT2D eigenvalue weighted by Gasteiger charge is -2.26. The minimum absolute atomic E-state index is 0.00651. The van der Waals surface area contributed by atoms with Crippen LogP contribution in [-0.4, -0.2) is 43.8 Å². The van der Waals surface area contributed by atoms with Crippen LogP contribution in [0.4, 0.5) is 0 Å². The summed E-state index contributed by atoms with van der Waals surface area (Å²) in [6.45, 7) is 1.94. The number of carbonyl (C=O) groups is 1. The monoisotopic (exact) mass is 428 g/mol. The van der Waals surface area contributed by atoms with E-state index in [2.05, 4.69) is 16.3 Å². The van der Waals surface area contributed by atoms with Gasteiger partial charge in [-0.15, -0.1) is 5.10 Å². The molecule has 2 aliphatic heterocycles. The molecule has 0 amide bonds. The molecule has 0 bridgehead atoms. The standard InChI is InChI=1S/C20H20N4O7/c1-4-28-13(25)6-11-15-14(10(7-21)19(22)31-20(15)24-23-11)9-5-12(26-2)17-18(16(9)27-3)30-8-29-17/h5,14H,4,6,8,22H2,1-3H3,(H,23,24). The molecular weight excluding hydrogens is 408 g/mol. The van der Waals surface area contributed by atoms with E-state index in [1.165, 1.54) is 14.2 Å². The average Bonchev–Trinajstić information content (AvgIpc) is 3.39. The van der Waals surface area contributed by atoms with Crippen molar-refractivity contribution in [3.8, 4) is 34.9 Å². The zero-order valence-electron chi connectivity index (χ0n) is 17.1. The van der Waals surface area contributed by atoms with Gasteiger partial charge in [-0.2, -0.15) is 5.26 Å². The highest BCUT2D eigenvalue weighted by Gasteiger charge is 2.40. The molecule has 3 heterocycles. The number of fused-ring (bicyclic) bond motifs is 2. The highest BCUT2D eigenvalue weighted by atomic mass is 16.7. The molecule has 0 fully saturated rings. The summed E-state index contributed by atoms with van der Waals surface area (Å²) in [6.07, 6.45) is -0.0986. The number of nitrogens with two attached hydrogens (primary N) is 1. The van der Waals surface area contributed by atoms with Crippen molar-refractivity contribution in [3.63, 3.8) is 0 Å². The van der Waals surface area contributed by atoms with Gasteiger partial charge in [0.15, 0.2) is 11.5 Å². The molecule has 1 aromatic heterocycles. The van der Waals surface area contributed by atoms with Crippen LogP contribution in [0, 0.1) is 11.3 Å². The number of rotatable bonds is 6. The van der Waals surface area contributed by atoms with Crippen molar-refractivity contribution in [2.45, 2.75) is 19.3 Å². The zero-order valence-corrected chi connectivity index (χ0v) is 17.1. The molecule has 1 unspecified atom stereocenters. The van der Waals surface area contributed by atoms with Crippen LogP contribution in [-0.2, 0) is 16.0 Å². The van der Waals surface area contributed by atoms with E-state index in [1.807, 2.05) is 0 Å². The fraction of sp³-hybridized carbons (Fsp3) is 0.350. The van der Waals surface area contributed by atoms with Crippen molar-refractivity contribution in [2.24, 2.45) is 5.73 Å². The van der Waals surface area contributed by atoms with Crippen molar-refractivity contribution >= 4 is 5.97 Å². The van der Waals surface area contributed by atoms with Crippen molar-refractivity contribution < 1.29 is 33.2 Å². The van der Waals surface area contributed by atoms with Crippen molar-refractivity contribution in [2.75, 3.05) is 27.6 Å². The molecular formula is C20H20N4O7. The van der Waals surface area contributed by atoms with Gasteiger partial charge in [0, 0.05) is 5.56 Å². The number of benzene rings is 1. The van der Waals surface area contributed by atoms with E-state index in [0.717, 1.165) is 0 Å². The Labute approximate surface area is 177 Å². The summed E-state index contributed by atoms with van der Waals surface area (Å²) >= 11 is 0. The van der Waals surface area contributed by atoms with Crippen molar-refractivity contribution in [1.82, 2.24) is 10.2 Å². The Bertz CT molecular complexity index is 1120. The second-order valence-electron chi connectivity index (χ2n) is 6.59. The Morgan fingerprint density at radius 1 is 1.35 bits per heavy atom. The fourth-order valence-electron chi connectivity index (χ4n) is 3.72. The van der Waals surface area contributed by atoms with Gasteiger partial charge in [-0.05, 0) is 13.0 Å². The number of carbonyl (C=O) groups excluding carboxylic acids is 1. The Morgan fingerprint density at radius 3 is 2.81 bits per heavy atom. The quantitative estimate of drug-likeness (QED) is 0.647. The Kier molecular flexibility index (Phi) is 5.21. The number of ether oxygens (including phenoxy) is 6. The molecule has 3 N–H and O–H groups in total. The number of H-pyrrole nitrogens is 1.